The quantitative estimate of drug-likeness (QED) is 0.510. The van der Waals surface area contributed by atoms with Crippen molar-refractivity contribution in [3.05, 3.63) is 58.4 Å². The van der Waals surface area contributed by atoms with Crippen LogP contribution in [0.15, 0.2) is 47.3 Å². The monoisotopic (exact) mass is 285 g/mol. The van der Waals surface area contributed by atoms with Gasteiger partial charge in [0.05, 0.1) is 5.69 Å². The Kier molecular flexibility index (Phi) is 4.55. The zero-order valence-electron chi connectivity index (χ0n) is 12.2. The molecule has 5 nitrogen and oxygen atoms in total. The van der Waals surface area contributed by atoms with Gasteiger partial charge >= 0.3 is 0 Å². The number of nitrogens with one attached hydrogen (secondary N) is 1. The van der Waals surface area contributed by atoms with Gasteiger partial charge in [0, 0.05) is 6.54 Å². The summed E-state index contributed by atoms with van der Waals surface area (Å²) in [5.41, 5.74) is 3.47. The first kappa shape index (κ1) is 15.0. The van der Waals surface area contributed by atoms with Crippen LogP contribution in [0.4, 0.5) is 0 Å². The van der Waals surface area contributed by atoms with E-state index in [-0.39, 0.29) is 17.0 Å². The van der Waals surface area contributed by atoms with Crippen molar-refractivity contribution in [1.29, 1.82) is 0 Å². The lowest BCUT2D eigenvalue weighted by molar-refractivity contribution is 0.0951. The van der Waals surface area contributed by atoms with Crippen molar-refractivity contribution in [2.45, 2.75) is 20.4 Å². The number of benzene rings is 1. The molecule has 0 bridgehead atoms. The molecule has 110 valence electrons. The highest BCUT2D eigenvalue weighted by Gasteiger charge is 2.15. The van der Waals surface area contributed by atoms with Gasteiger partial charge in [-0.15, -0.1) is 0 Å². The Morgan fingerprint density at radius 1 is 1.19 bits per heavy atom. The molecule has 0 atom stereocenters. The summed E-state index contributed by atoms with van der Waals surface area (Å²) < 4.78 is 1.63. The number of nitrogens with zero attached hydrogens (tertiary/aromatic N) is 1. The molecule has 1 heterocycles. The van der Waals surface area contributed by atoms with Crippen molar-refractivity contribution >= 4 is 5.91 Å². The number of rotatable bonds is 4. The molecule has 0 saturated heterocycles. The van der Waals surface area contributed by atoms with Crippen molar-refractivity contribution in [3.63, 3.8) is 0 Å². The fourth-order valence-corrected chi connectivity index (χ4v) is 2.24. The van der Waals surface area contributed by atoms with Crippen molar-refractivity contribution < 1.29 is 4.79 Å². The van der Waals surface area contributed by atoms with Crippen LogP contribution in [0, 0.1) is 5.92 Å². The highest BCUT2D eigenvalue weighted by Crippen LogP contribution is 2.19. The van der Waals surface area contributed by atoms with Crippen LogP contribution in [0.3, 0.4) is 0 Å². The van der Waals surface area contributed by atoms with Gasteiger partial charge in [0.15, 0.2) is 0 Å². The van der Waals surface area contributed by atoms with Crippen LogP contribution < -0.4 is 16.8 Å². The molecular weight excluding hydrogens is 266 g/mol. The Morgan fingerprint density at radius 2 is 1.86 bits per heavy atom. The Labute approximate surface area is 123 Å². The van der Waals surface area contributed by atoms with Crippen LogP contribution >= 0.6 is 0 Å². The smallest absolute Gasteiger partial charge is 0.270 e. The zero-order chi connectivity index (χ0) is 15.4. The molecule has 1 aromatic heterocycles. The van der Waals surface area contributed by atoms with Crippen LogP contribution in [0.2, 0.25) is 0 Å². The molecule has 2 rings (SSSR count). The number of aromatic nitrogens is 1. The first-order chi connectivity index (χ1) is 10.0. The predicted octanol–water partition coefficient (Wildman–Crippen LogP) is 1.77. The molecule has 0 spiro atoms. The Hall–Kier alpha value is -2.40. The number of pyridine rings is 1. The van der Waals surface area contributed by atoms with Gasteiger partial charge in [0.1, 0.15) is 5.56 Å². The number of carbonyl (C=O) groups is 1. The van der Waals surface area contributed by atoms with Crippen LogP contribution in [0.1, 0.15) is 24.2 Å². The summed E-state index contributed by atoms with van der Waals surface area (Å²) in [7, 11) is 0. The predicted molar refractivity (Wildman–Crippen MR) is 82.6 cm³/mol. The van der Waals surface area contributed by atoms with Crippen LogP contribution in [-0.2, 0) is 6.54 Å². The van der Waals surface area contributed by atoms with Crippen molar-refractivity contribution in [3.8, 4) is 11.3 Å². The van der Waals surface area contributed by atoms with E-state index in [1.54, 1.807) is 10.6 Å². The lowest BCUT2D eigenvalue weighted by Gasteiger charge is -2.16. The molecule has 1 amide bonds. The minimum atomic E-state index is -0.572. The maximum atomic E-state index is 12.5. The maximum absolute atomic E-state index is 12.5. The van der Waals surface area contributed by atoms with E-state index in [4.69, 9.17) is 5.84 Å². The number of hydrazine groups is 1. The lowest BCUT2D eigenvalue weighted by atomic mass is 10.1. The fourth-order valence-electron chi connectivity index (χ4n) is 2.24. The first-order valence-corrected chi connectivity index (χ1v) is 6.84. The first-order valence-electron chi connectivity index (χ1n) is 6.84. The summed E-state index contributed by atoms with van der Waals surface area (Å²) >= 11 is 0. The van der Waals surface area contributed by atoms with Crippen molar-refractivity contribution in [2.75, 3.05) is 0 Å². The molecule has 2 aromatic rings. The topological polar surface area (TPSA) is 77.1 Å². The van der Waals surface area contributed by atoms with Gasteiger partial charge in [-0.2, -0.15) is 0 Å². The highest BCUT2D eigenvalue weighted by molar-refractivity contribution is 5.93. The fraction of sp³-hybridized carbons (Fsp3) is 0.250. The number of nitrogen functional groups attached to an aromatic ring is 1. The second kappa shape index (κ2) is 6.37. The van der Waals surface area contributed by atoms with E-state index in [1.807, 2.05) is 49.6 Å². The number of hydrogen-bond donors (Lipinski definition) is 2. The van der Waals surface area contributed by atoms with E-state index in [0.29, 0.717) is 6.54 Å². The lowest BCUT2D eigenvalue weighted by Crippen LogP contribution is -2.37. The average Bonchev–Trinajstić information content (AvgIpc) is 2.49. The summed E-state index contributed by atoms with van der Waals surface area (Å²) in [5.74, 6) is 4.83. The number of carbonyl (C=O) groups excluding carboxylic acids is 1. The maximum Gasteiger partial charge on any atom is 0.270 e. The summed E-state index contributed by atoms with van der Waals surface area (Å²) in [6.07, 6.45) is 0. The van der Waals surface area contributed by atoms with Crippen molar-refractivity contribution in [1.82, 2.24) is 9.99 Å². The third-order valence-electron chi connectivity index (χ3n) is 3.17. The second-order valence-electron chi connectivity index (χ2n) is 5.28. The van der Waals surface area contributed by atoms with E-state index >= 15 is 0 Å². The van der Waals surface area contributed by atoms with E-state index < -0.39 is 5.91 Å². The van der Waals surface area contributed by atoms with Crippen LogP contribution in [0.5, 0.6) is 0 Å². The molecule has 0 radical (unpaired) electrons. The van der Waals surface area contributed by atoms with Gasteiger partial charge in [0.2, 0.25) is 0 Å². The molecule has 0 aliphatic rings. The summed E-state index contributed by atoms with van der Waals surface area (Å²) in [6, 6.07) is 12.9. The third kappa shape index (κ3) is 3.20. The summed E-state index contributed by atoms with van der Waals surface area (Å²) in [4.78, 5) is 24.2. The molecule has 0 aliphatic carbocycles. The highest BCUT2D eigenvalue weighted by atomic mass is 16.2. The van der Waals surface area contributed by atoms with Crippen LogP contribution in [0.25, 0.3) is 11.3 Å². The molecule has 0 saturated carbocycles. The Balaban J connectivity index is 2.64. The molecule has 3 N–H and O–H groups in total. The average molecular weight is 285 g/mol. The number of hydrogen-bond acceptors (Lipinski definition) is 3. The van der Waals surface area contributed by atoms with Crippen molar-refractivity contribution in [2.24, 2.45) is 11.8 Å². The molecule has 21 heavy (non-hydrogen) atoms. The molecule has 5 heteroatoms. The molecule has 0 fully saturated rings. The van der Waals surface area contributed by atoms with E-state index in [9.17, 15) is 9.59 Å². The minimum absolute atomic E-state index is 0.0535. The van der Waals surface area contributed by atoms with E-state index in [0.717, 1.165) is 11.3 Å². The number of amides is 1. The molecular formula is C16H19N3O2. The molecule has 0 unspecified atom stereocenters. The van der Waals surface area contributed by atoms with Gasteiger partial charge < -0.3 is 4.57 Å². The van der Waals surface area contributed by atoms with Gasteiger partial charge in [-0.3, -0.25) is 15.0 Å². The van der Waals surface area contributed by atoms with Gasteiger partial charge in [0.25, 0.3) is 11.5 Å². The molecule has 1 aromatic carbocycles. The molecule has 0 aliphatic heterocycles. The SMILES string of the molecule is CC(C)Cn1c(-c2ccccc2)ccc(C(=O)NN)c1=O. The van der Waals surface area contributed by atoms with E-state index in [2.05, 4.69) is 0 Å². The summed E-state index contributed by atoms with van der Waals surface area (Å²) in [6.45, 7) is 4.59. The van der Waals surface area contributed by atoms with Gasteiger partial charge in [-0.05, 0) is 23.6 Å². The largest absolute Gasteiger partial charge is 0.307 e. The zero-order valence-corrected chi connectivity index (χ0v) is 12.2. The Morgan fingerprint density at radius 3 is 2.43 bits per heavy atom. The summed E-state index contributed by atoms with van der Waals surface area (Å²) in [5, 5.41) is 0. The van der Waals surface area contributed by atoms with E-state index in [1.165, 1.54) is 6.07 Å². The van der Waals surface area contributed by atoms with Gasteiger partial charge in [-0.25, -0.2) is 5.84 Å². The normalized spacial score (nSPS) is 10.7. The Bertz CT molecular complexity index is 690. The van der Waals surface area contributed by atoms with Crippen LogP contribution in [-0.4, -0.2) is 10.5 Å². The second-order valence-corrected chi connectivity index (χ2v) is 5.28. The minimum Gasteiger partial charge on any atom is -0.307 e. The third-order valence-corrected chi connectivity index (χ3v) is 3.17. The van der Waals surface area contributed by atoms with Gasteiger partial charge in [-0.1, -0.05) is 44.2 Å². The standard InChI is InChI=1S/C16H19N3O2/c1-11(2)10-19-14(12-6-4-3-5-7-12)9-8-13(16(19)21)15(20)18-17/h3-9,11H,10,17H2,1-2H3,(H,18,20). The number of nitrogens with two attached hydrogens (primary N) is 1.